The lowest BCUT2D eigenvalue weighted by Crippen LogP contribution is -2.30. The van der Waals surface area contributed by atoms with Crippen LogP contribution in [0, 0.1) is 13.8 Å². The summed E-state index contributed by atoms with van der Waals surface area (Å²) in [7, 11) is 3.47. The second-order valence-electron chi connectivity index (χ2n) is 6.97. The molecule has 3 aromatic rings. The molecule has 0 unspecified atom stereocenters. The molecule has 7 heteroatoms. The molecule has 152 valence electrons. The number of aryl methyl sites for hydroxylation is 1. The van der Waals surface area contributed by atoms with Crippen molar-refractivity contribution in [3.63, 3.8) is 0 Å². The lowest BCUT2D eigenvalue weighted by Gasteiger charge is -2.17. The molecule has 1 amide bonds. The quantitative estimate of drug-likeness (QED) is 0.631. The summed E-state index contributed by atoms with van der Waals surface area (Å²) < 4.78 is 7.07. The number of aromatic nitrogens is 2. The van der Waals surface area contributed by atoms with E-state index < -0.39 is 0 Å². The number of para-hydroxylation sites is 1. The fourth-order valence-electron chi connectivity index (χ4n) is 3.24. The van der Waals surface area contributed by atoms with Gasteiger partial charge in [-0.15, -0.1) is 0 Å². The summed E-state index contributed by atoms with van der Waals surface area (Å²) >= 11 is 6.12. The molecular formula is C22H25ClN4O2. The van der Waals surface area contributed by atoms with Crippen LogP contribution in [-0.4, -0.2) is 41.3 Å². The van der Waals surface area contributed by atoms with Crippen LogP contribution in [0.1, 0.15) is 17.0 Å². The maximum absolute atomic E-state index is 12.4. The Morgan fingerprint density at radius 2 is 1.93 bits per heavy atom. The molecule has 1 N–H and O–H groups in total. The number of hydrogen-bond acceptors (Lipinski definition) is 4. The molecule has 1 aromatic heterocycles. The van der Waals surface area contributed by atoms with E-state index in [4.69, 9.17) is 16.3 Å². The average molecular weight is 413 g/mol. The first kappa shape index (κ1) is 20.9. The van der Waals surface area contributed by atoms with Crippen LogP contribution in [0.25, 0.3) is 5.69 Å². The number of rotatable bonds is 7. The molecule has 29 heavy (non-hydrogen) atoms. The molecule has 0 atom stereocenters. The Kier molecular flexibility index (Phi) is 6.56. The molecule has 0 fully saturated rings. The van der Waals surface area contributed by atoms with E-state index in [0.717, 1.165) is 22.6 Å². The molecule has 2 aromatic carbocycles. The lowest BCUT2D eigenvalue weighted by atomic mass is 10.2. The fourth-order valence-corrected chi connectivity index (χ4v) is 3.50. The second kappa shape index (κ2) is 9.11. The van der Waals surface area contributed by atoms with E-state index in [2.05, 4.69) is 17.3 Å². The number of carbonyl (C=O) groups excluding carboxylic acids is 1. The van der Waals surface area contributed by atoms with Gasteiger partial charge >= 0.3 is 0 Å². The third kappa shape index (κ3) is 4.96. The Balaban J connectivity index is 1.65. The molecule has 0 saturated heterocycles. The van der Waals surface area contributed by atoms with E-state index in [-0.39, 0.29) is 12.5 Å². The van der Waals surface area contributed by atoms with E-state index in [0.29, 0.717) is 23.0 Å². The zero-order valence-electron chi connectivity index (χ0n) is 17.1. The van der Waals surface area contributed by atoms with Crippen LogP contribution >= 0.6 is 11.6 Å². The summed E-state index contributed by atoms with van der Waals surface area (Å²) in [5.74, 6) is 0.461. The summed E-state index contributed by atoms with van der Waals surface area (Å²) in [5, 5.41) is 8.00. The van der Waals surface area contributed by atoms with Gasteiger partial charge in [0, 0.05) is 23.5 Å². The van der Waals surface area contributed by atoms with Gasteiger partial charge in [0.05, 0.1) is 30.1 Å². The van der Waals surface area contributed by atoms with Gasteiger partial charge in [-0.1, -0.05) is 29.8 Å². The Labute approximate surface area is 176 Å². The average Bonchev–Trinajstić information content (AvgIpc) is 2.97. The van der Waals surface area contributed by atoms with Gasteiger partial charge in [0.15, 0.2) is 0 Å². The predicted molar refractivity (Wildman–Crippen MR) is 116 cm³/mol. The van der Waals surface area contributed by atoms with E-state index in [1.165, 1.54) is 0 Å². The highest BCUT2D eigenvalue weighted by molar-refractivity contribution is 6.32. The van der Waals surface area contributed by atoms with Crippen LogP contribution in [0.4, 0.5) is 5.69 Å². The minimum atomic E-state index is -0.112. The van der Waals surface area contributed by atoms with Crippen LogP contribution in [0.15, 0.2) is 48.5 Å². The zero-order valence-corrected chi connectivity index (χ0v) is 17.8. The third-order valence-corrected chi connectivity index (χ3v) is 5.01. The van der Waals surface area contributed by atoms with Crippen LogP contribution in [0.5, 0.6) is 5.75 Å². The normalized spacial score (nSPS) is 11.0. The van der Waals surface area contributed by atoms with Crippen molar-refractivity contribution in [2.45, 2.75) is 20.4 Å². The minimum absolute atomic E-state index is 0.112. The number of nitrogens with one attached hydrogen (secondary N) is 1. The SMILES string of the molecule is COc1ccc(NC(=O)CN(C)Cc2c(C)nn(-c3ccccc3)c2C)cc1Cl. The van der Waals surface area contributed by atoms with E-state index in [9.17, 15) is 4.79 Å². The molecule has 0 aliphatic rings. The van der Waals surface area contributed by atoms with Gasteiger partial charge in [-0.05, 0) is 51.2 Å². The number of halogens is 1. The number of benzene rings is 2. The number of nitrogens with zero attached hydrogens (tertiary/aromatic N) is 3. The van der Waals surface area contributed by atoms with Gasteiger partial charge in [0.2, 0.25) is 5.91 Å². The Morgan fingerprint density at radius 3 is 2.59 bits per heavy atom. The topological polar surface area (TPSA) is 59.4 Å². The standard InChI is InChI=1S/C22H25ClN4O2/c1-15-19(16(2)27(25-15)18-8-6-5-7-9-18)13-26(3)14-22(28)24-17-10-11-21(29-4)20(23)12-17/h5-12H,13-14H2,1-4H3,(H,24,28). The Bertz CT molecular complexity index is 1000. The van der Waals surface area contributed by atoms with Crippen LogP contribution in [0.2, 0.25) is 5.02 Å². The predicted octanol–water partition coefficient (Wildman–Crippen LogP) is 4.22. The molecule has 0 saturated carbocycles. The van der Waals surface area contributed by atoms with Crippen LogP contribution < -0.4 is 10.1 Å². The van der Waals surface area contributed by atoms with Gasteiger partial charge in [0.1, 0.15) is 5.75 Å². The summed E-state index contributed by atoms with van der Waals surface area (Å²) in [6.07, 6.45) is 0. The summed E-state index contributed by atoms with van der Waals surface area (Å²) in [6.45, 7) is 4.92. The highest BCUT2D eigenvalue weighted by Gasteiger charge is 2.16. The third-order valence-electron chi connectivity index (χ3n) is 4.72. The Morgan fingerprint density at radius 1 is 1.21 bits per heavy atom. The molecule has 0 aliphatic heterocycles. The van der Waals surface area contributed by atoms with Gasteiger partial charge in [-0.2, -0.15) is 5.10 Å². The summed E-state index contributed by atoms with van der Waals surface area (Å²) in [4.78, 5) is 14.4. The fraction of sp³-hybridized carbons (Fsp3) is 0.273. The van der Waals surface area contributed by atoms with Crippen LogP contribution in [-0.2, 0) is 11.3 Å². The van der Waals surface area contributed by atoms with Crippen molar-refractivity contribution >= 4 is 23.2 Å². The molecule has 0 aliphatic carbocycles. The smallest absolute Gasteiger partial charge is 0.238 e. The number of ether oxygens (including phenoxy) is 1. The van der Waals surface area contributed by atoms with E-state index in [1.807, 2.05) is 53.9 Å². The number of carbonyl (C=O) groups is 1. The number of amides is 1. The molecule has 0 radical (unpaired) electrons. The van der Waals surface area contributed by atoms with Gasteiger partial charge < -0.3 is 10.1 Å². The van der Waals surface area contributed by atoms with Crippen molar-refractivity contribution in [2.75, 3.05) is 26.0 Å². The maximum Gasteiger partial charge on any atom is 0.238 e. The van der Waals surface area contributed by atoms with Gasteiger partial charge in [0.25, 0.3) is 0 Å². The van der Waals surface area contributed by atoms with Gasteiger partial charge in [-0.3, -0.25) is 9.69 Å². The van der Waals surface area contributed by atoms with Gasteiger partial charge in [-0.25, -0.2) is 4.68 Å². The first-order chi connectivity index (χ1) is 13.9. The van der Waals surface area contributed by atoms with E-state index in [1.54, 1.807) is 25.3 Å². The van der Waals surface area contributed by atoms with Crippen molar-refractivity contribution < 1.29 is 9.53 Å². The van der Waals surface area contributed by atoms with Crippen LogP contribution in [0.3, 0.4) is 0 Å². The maximum atomic E-state index is 12.4. The first-order valence-electron chi connectivity index (χ1n) is 9.31. The summed E-state index contributed by atoms with van der Waals surface area (Å²) in [5.41, 5.74) is 4.81. The number of methoxy groups -OCH3 is 1. The monoisotopic (exact) mass is 412 g/mol. The molecule has 6 nitrogen and oxygen atoms in total. The van der Waals surface area contributed by atoms with Crippen molar-refractivity contribution in [2.24, 2.45) is 0 Å². The number of anilines is 1. The first-order valence-corrected chi connectivity index (χ1v) is 9.69. The number of hydrogen-bond donors (Lipinski definition) is 1. The van der Waals surface area contributed by atoms with Crippen molar-refractivity contribution in [1.29, 1.82) is 0 Å². The van der Waals surface area contributed by atoms with Crippen molar-refractivity contribution in [1.82, 2.24) is 14.7 Å². The molecule has 0 spiro atoms. The zero-order chi connectivity index (χ0) is 21.0. The second-order valence-corrected chi connectivity index (χ2v) is 7.37. The van der Waals surface area contributed by atoms with E-state index >= 15 is 0 Å². The number of likely N-dealkylation sites (N-methyl/N-ethyl adjacent to an activating group) is 1. The minimum Gasteiger partial charge on any atom is -0.495 e. The highest BCUT2D eigenvalue weighted by atomic mass is 35.5. The molecule has 0 bridgehead atoms. The molecule has 1 heterocycles. The lowest BCUT2D eigenvalue weighted by molar-refractivity contribution is -0.117. The molecular weight excluding hydrogens is 388 g/mol. The summed E-state index contributed by atoms with van der Waals surface area (Å²) in [6, 6.07) is 15.2. The Hall–Kier alpha value is -2.83. The largest absolute Gasteiger partial charge is 0.495 e. The van der Waals surface area contributed by atoms with Crippen molar-refractivity contribution in [3.05, 3.63) is 70.5 Å². The van der Waals surface area contributed by atoms with Crippen molar-refractivity contribution in [3.8, 4) is 11.4 Å². The molecule has 3 rings (SSSR count). The highest BCUT2D eigenvalue weighted by Crippen LogP contribution is 2.27.